The summed E-state index contributed by atoms with van der Waals surface area (Å²) in [6.07, 6.45) is 0. The number of hydrazone groups is 1. The van der Waals surface area contributed by atoms with Gasteiger partial charge in [-0.1, -0.05) is 70.8 Å². The molecule has 4 aromatic rings. The van der Waals surface area contributed by atoms with E-state index in [-0.39, 0.29) is 5.78 Å². The van der Waals surface area contributed by atoms with E-state index in [9.17, 15) is 4.79 Å². The summed E-state index contributed by atoms with van der Waals surface area (Å²) in [5.41, 5.74) is 5.97. The minimum atomic E-state index is -0.642. The van der Waals surface area contributed by atoms with Crippen LogP contribution in [0.15, 0.2) is 96.1 Å². The number of carbonyl (C=O) groups is 1. The van der Waals surface area contributed by atoms with Crippen LogP contribution in [0.2, 0.25) is 15.1 Å². The Morgan fingerprint density at radius 1 is 0.854 bits per heavy atom. The van der Waals surface area contributed by atoms with Crippen molar-refractivity contribution >= 4 is 63.2 Å². The number of ketones is 1. The molecule has 0 saturated heterocycles. The van der Waals surface area contributed by atoms with Crippen molar-refractivity contribution in [1.29, 1.82) is 0 Å². The molecule has 0 aliphatic carbocycles. The normalized spacial score (nSPS) is 12.0. The first-order valence-corrected chi connectivity index (χ1v) is 14.5. The smallest absolute Gasteiger partial charge is 0.188 e. The second kappa shape index (κ2) is 14.5. The fourth-order valence-corrected chi connectivity index (χ4v) is 5.61. The second-order valence-corrected chi connectivity index (χ2v) is 11.1. The molecule has 0 bridgehead atoms. The molecule has 4 aromatic carbocycles. The molecule has 0 fully saturated rings. The number of anilines is 1. The van der Waals surface area contributed by atoms with Crippen LogP contribution in [-0.4, -0.2) is 32.2 Å². The summed E-state index contributed by atoms with van der Waals surface area (Å²) in [7, 11) is 4.91. The lowest BCUT2D eigenvalue weighted by atomic mass is 10.0. The number of carbonyl (C=O) groups excluding carboxylic acids is 1. The van der Waals surface area contributed by atoms with Crippen molar-refractivity contribution in [2.24, 2.45) is 5.10 Å². The van der Waals surface area contributed by atoms with Crippen LogP contribution in [0.4, 0.5) is 5.69 Å². The third-order valence-electron chi connectivity index (χ3n) is 6.16. The van der Waals surface area contributed by atoms with Gasteiger partial charge in [0.2, 0.25) is 0 Å². The molecular formula is C31H28Cl3N3O3S. The molecule has 212 valence electrons. The van der Waals surface area contributed by atoms with Crippen LogP contribution in [0.3, 0.4) is 0 Å². The topological polar surface area (TPSA) is 63.2 Å². The standard InChI is InChI=1S/C31H28Cl3N3O3S/c1-35-36-31(37(19-20-4-10-23(32)11-5-20)24-12-17-27(33)28(34)18-24)41-30(22-8-15-26(40-3)16-9-22)29(38)21-6-13-25(39-2)14-7-21/h4-18,30,35H,19H2,1-3H3/b36-31+. The van der Waals surface area contributed by atoms with Gasteiger partial charge in [-0.2, -0.15) is 5.10 Å². The zero-order valence-corrected chi connectivity index (χ0v) is 25.7. The quantitative estimate of drug-likeness (QED) is 0.0822. The highest BCUT2D eigenvalue weighted by Gasteiger charge is 2.28. The van der Waals surface area contributed by atoms with Gasteiger partial charge in [0.1, 0.15) is 16.7 Å². The number of halogens is 3. The van der Waals surface area contributed by atoms with E-state index in [1.54, 1.807) is 57.7 Å². The molecular weight excluding hydrogens is 601 g/mol. The summed E-state index contributed by atoms with van der Waals surface area (Å²) in [5, 5.41) is 6.01. The number of hydrogen-bond acceptors (Lipinski definition) is 6. The van der Waals surface area contributed by atoms with Crippen molar-refractivity contribution in [3.63, 3.8) is 0 Å². The Morgan fingerprint density at radius 3 is 2.02 bits per heavy atom. The Balaban J connectivity index is 1.79. The van der Waals surface area contributed by atoms with Crippen LogP contribution in [0.25, 0.3) is 0 Å². The molecule has 0 radical (unpaired) electrons. The van der Waals surface area contributed by atoms with Gasteiger partial charge in [0.05, 0.1) is 30.8 Å². The molecule has 0 amide bonds. The first kappa shape index (κ1) is 30.6. The van der Waals surface area contributed by atoms with Crippen LogP contribution < -0.4 is 19.8 Å². The van der Waals surface area contributed by atoms with E-state index >= 15 is 0 Å². The van der Waals surface area contributed by atoms with Crippen LogP contribution in [0.1, 0.15) is 26.7 Å². The summed E-state index contributed by atoms with van der Waals surface area (Å²) in [4.78, 5) is 16.0. The maximum atomic E-state index is 14.1. The third-order valence-corrected chi connectivity index (χ3v) is 8.40. The van der Waals surface area contributed by atoms with Gasteiger partial charge in [0.15, 0.2) is 11.0 Å². The monoisotopic (exact) mass is 627 g/mol. The van der Waals surface area contributed by atoms with Gasteiger partial charge in [-0.05, 0) is 77.9 Å². The Hall–Kier alpha value is -3.36. The van der Waals surface area contributed by atoms with E-state index in [0.29, 0.717) is 43.8 Å². The van der Waals surface area contributed by atoms with Gasteiger partial charge < -0.3 is 19.8 Å². The zero-order chi connectivity index (χ0) is 29.4. The average molecular weight is 629 g/mol. The highest BCUT2D eigenvalue weighted by molar-refractivity contribution is 8.14. The fourth-order valence-electron chi connectivity index (χ4n) is 4.00. The maximum Gasteiger partial charge on any atom is 0.188 e. The molecule has 4 rings (SSSR count). The van der Waals surface area contributed by atoms with Crippen molar-refractivity contribution in [2.75, 3.05) is 26.2 Å². The molecule has 0 saturated carbocycles. The third kappa shape index (κ3) is 7.89. The number of amidine groups is 1. The van der Waals surface area contributed by atoms with E-state index in [4.69, 9.17) is 44.3 Å². The second-order valence-electron chi connectivity index (χ2n) is 8.79. The lowest BCUT2D eigenvalue weighted by Gasteiger charge is -2.28. The molecule has 0 heterocycles. The Kier molecular flexibility index (Phi) is 10.8. The predicted molar refractivity (Wildman–Crippen MR) is 171 cm³/mol. The number of nitrogens with one attached hydrogen (secondary N) is 1. The van der Waals surface area contributed by atoms with E-state index in [1.165, 1.54) is 11.8 Å². The number of benzene rings is 4. The lowest BCUT2D eigenvalue weighted by molar-refractivity contribution is 0.0989. The van der Waals surface area contributed by atoms with E-state index < -0.39 is 5.25 Å². The maximum absolute atomic E-state index is 14.1. The van der Waals surface area contributed by atoms with Gasteiger partial charge in [-0.3, -0.25) is 4.79 Å². The molecule has 0 aromatic heterocycles. The van der Waals surface area contributed by atoms with Crippen LogP contribution in [-0.2, 0) is 6.54 Å². The SMILES string of the molecule is CN/N=C(/SC(C(=O)c1ccc(OC)cc1)c1ccc(OC)cc1)N(Cc1ccc(Cl)cc1)c1ccc(Cl)c(Cl)c1. The number of thioether (sulfide) groups is 1. The lowest BCUT2D eigenvalue weighted by Crippen LogP contribution is -2.31. The van der Waals surface area contributed by atoms with Crippen LogP contribution >= 0.6 is 46.6 Å². The summed E-state index contributed by atoms with van der Waals surface area (Å²) < 4.78 is 10.6. The fraction of sp³-hybridized carbons (Fsp3) is 0.161. The van der Waals surface area contributed by atoms with Gasteiger partial charge in [0, 0.05) is 23.3 Å². The molecule has 0 spiro atoms. The van der Waals surface area contributed by atoms with E-state index in [0.717, 1.165) is 16.8 Å². The molecule has 0 aliphatic rings. The minimum Gasteiger partial charge on any atom is -0.497 e. The first-order valence-electron chi connectivity index (χ1n) is 12.5. The van der Waals surface area contributed by atoms with Crippen LogP contribution in [0, 0.1) is 0 Å². The number of ether oxygens (including phenoxy) is 2. The van der Waals surface area contributed by atoms with Crippen molar-refractivity contribution in [2.45, 2.75) is 11.8 Å². The molecule has 1 N–H and O–H groups in total. The largest absolute Gasteiger partial charge is 0.497 e. The zero-order valence-electron chi connectivity index (χ0n) is 22.6. The molecule has 0 aliphatic heterocycles. The summed E-state index contributed by atoms with van der Waals surface area (Å²) in [6.45, 7) is 0.425. The first-order chi connectivity index (χ1) is 19.8. The summed E-state index contributed by atoms with van der Waals surface area (Å²) in [5.74, 6) is 1.27. The number of rotatable bonds is 10. The van der Waals surface area contributed by atoms with Crippen LogP contribution in [0.5, 0.6) is 11.5 Å². The average Bonchev–Trinajstić information content (AvgIpc) is 3.00. The minimum absolute atomic E-state index is 0.0906. The molecule has 41 heavy (non-hydrogen) atoms. The number of Topliss-reactive ketones (excluding diaryl/α,β-unsaturated/α-hetero) is 1. The van der Waals surface area contributed by atoms with E-state index in [2.05, 4.69) is 10.5 Å². The van der Waals surface area contributed by atoms with Gasteiger partial charge in [-0.15, -0.1) is 0 Å². The Morgan fingerprint density at radius 2 is 1.46 bits per heavy atom. The molecule has 1 unspecified atom stereocenters. The number of nitrogens with zero attached hydrogens (tertiary/aromatic N) is 2. The molecule has 1 atom stereocenters. The molecule has 10 heteroatoms. The Bertz CT molecular complexity index is 1500. The Labute approximate surface area is 259 Å². The van der Waals surface area contributed by atoms with Gasteiger partial charge in [-0.25, -0.2) is 0 Å². The summed E-state index contributed by atoms with van der Waals surface area (Å²) in [6, 6.07) is 27.4. The predicted octanol–water partition coefficient (Wildman–Crippen LogP) is 8.52. The van der Waals surface area contributed by atoms with Crippen molar-refractivity contribution in [3.8, 4) is 11.5 Å². The number of hydrogen-bond donors (Lipinski definition) is 1. The van der Waals surface area contributed by atoms with E-state index in [1.807, 2.05) is 59.5 Å². The highest BCUT2D eigenvalue weighted by Crippen LogP contribution is 2.38. The van der Waals surface area contributed by atoms with Gasteiger partial charge in [0.25, 0.3) is 0 Å². The number of methoxy groups -OCH3 is 2. The highest BCUT2D eigenvalue weighted by atomic mass is 35.5. The van der Waals surface area contributed by atoms with Crippen molar-refractivity contribution in [3.05, 3.63) is 123 Å². The van der Waals surface area contributed by atoms with Crippen molar-refractivity contribution < 1.29 is 14.3 Å². The van der Waals surface area contributed by atoms with Gasteiger partial charge >= 0.3 is 0 Å². The van der Waals surface area contributed by atoms with Crippen molar-refractivity contribution in [1.82, 2.24) is 5.43 Å². The molecule has 6 nitrogen and oxygen atoms in total. The summed E-state index contributed by atoms with van der Waals surface area (Å²) >= 11 is 20.1.